The van der Waals surface area contributed by atoms with Gasteiger partial charge in [0, 0.05) is 25.7 Å². The predicted octanol–water partition coefficient (Wildman–Crippen LogP) is 1.55. The molecule has 1 aromatic carbocycles. The van der Waals surface area contributed by atoms with Gasteiger partial charge >= 0.3 is 0 Å². The molecule has 1 aromatic rings. The van der Waals surface area contributed by atoms with Crippen molar-refractivity contribution in [3.63, 3.8) is 0 Å². The van der Waals surface area contributed by atoms with E-state index in [-0.39, 0.29) is 11.6 Å². The molecule has 0 bridgehead atoms. The van der Waals surface area contributed by atoms with Gasteiger partial charge in [0.2, 0.25) is 0 Å². The fourth-order valence-electron chi connectivity index (χ4n) is 2.07. The molecule has 0 aliphatic carbocycles. The summed E-state index contributed by atoms with van der Waals surface area (Å²) in [5.74, 6) is -3.58. The molecule has 1 fully saturated rings. The molecule has 94 valence electrons. The summed E-state index contributed by atoms with van der Waals surface area (Å²) in [5.41, 5.74) is 0.226. The largest absolute Gasteiger partial charge is 0.314 e. The quantitative estimate of drug-likeness (QED) is 0.794. The molecular formula is C12H15F3N2. The highest BCUT2D eigenvalue weighted by atomic mass is 19.2. The lowest BCUT2D eigenvalue weighted by Crippen LogP contribution is -2.50. The van der Waals surface area contributed by atoms with Gasteiger partial charge in [0.15, 0.2) is 17.5 Å². The van der Waals surface area contributed by atoms with E-state index in [4.69, 9.17) is 0 Å². The summed E-state index contributed by atoms with van der Waals surface area (Å²) in [6.45, 7) is 2.50. The topological polar surface area (TPSA) is 15.3 Å². The third kappa shape index (κ3) is 2.61. The zero-order valence-electron chi connectivity index (χ0n) is 9.64. The number of hydrogen-bond donors (Lipinski definition) is 1. The molecule has 0 spiro atoms. The summed E-state index contributed by atoms with van der Waals surface area (Å²) < 4.78 is 39.3. The van der Waals surface area contributed by atoms with Crippen molar-refractivity contribution in [2.24, 2.45) is 0 Å². The van der Waals surface area contributed by atoms with Crippen LogP contribution in [-0.2, 0) is 6.42 Å². The van der Waals surface area contributed by atoms with Gasteiger partial charge < -0.3 is 10.2 Å². The number of piperazine rings is 1. The van der Waals surface area contributed by atoms with Crippen LogP contribution in [0, 0.1) is 17.5 Å². The SMILES string of the molecule is CN1CCNCC1Cc1ccc(F)c(F)c1F. The second-order valence-electron chi connectivity index (χ2n) is 4.38. The number of nitrogens with one attached hydrogen (secondary N) is 1. The average Bonchev–Trinajstić information content (AvgIpc) is 2.32. The fraction of sp³-hybridized carbons (Fsp3) is 0.500. The maximum absolute atomic E-state index is 13.5. The zero-order valence-corrected chi connectivity index (χ0v) is 9.64. The maximum atomic E-state index is 13.5. The Kier molecular flexibility index (Phi) is 3.69. The summed E-state index contributed by atoms with van der Waals surface area (Å²) in [6, 6.07) is 2.41. The molecule has 2 rings (SSSR count). The predicted molar refractivity (Wildman–Crippen MR) is 59.3 cm³/mol. The van der Waals surface area contributed by atoms with Crippen LogP contribution in [0.3, 0.4) is 0 Å². The minimum Gasteiger partial charge on any atom is -0.314 e. The lowest BCUT2D eigenvalue weighted by Gasteiger charge is -2.33. The van der Waals surface area contributed by atoms with E-state index in [1.165, 1.54) is 6.07 Å². The number of benzene rings is 1. The van der Waals surface area contributed by atoms with Gasteiger partial charge in [-0.15, -0.1) is 0 Å². The number of halogens is 3. The first-order valence-corrected chi connectivity index (χ1v) is 5.63. The van der Waals surface area contributed by atoms with Crippen molar-refractivity contribution in [3.8, 4) is 0 Å². The highest BCUT2D eigenvalue weighted by molar-refractivity contribution is 5.21. The Hall–Kier alpha value is -1.07. The Bertz CT molecular complexity index is 409. The highest BCUT2D eigenvalue weighted by Gasteiger charge is 2.22. The van der Waals surface area contributed by atoms with Crippen molar-refractivity contribution in [1.29, 1.82) is 0 Å². The van der Waals surface area contributed by atoms with E-state index in [2.05, 4.69) is 10.2 Å². The molecule has 1 aliphatic heterocycles. The Morgan fingerprint density at radius 2 is 2.06 bits per heavy atom. The molecule has 1 atom stereocenters. The van der Waals surface area contributed by atoms with E-state index < -0.39 is 17.5 Å². The molecule has 17 heavy (non-hydrogen) atoms. The van der Waals surface area contributed by atoms with Gasteiger partial charge in [-0.2, -0.15) is 0 Å². The monoisotopic (exact) mass is 244 g/mol. The van der Waals surface area contributed by atoms with Crippen LogP contribution in [0.1, 0.15) is 5.56 Å². The Balaban J connectivity index is 2.15. The molecular weight excluding hydrogens is 229 g/mol. The molecule has 1 N–H and O–H groups in total. The Morgan fingerprint density at radius 1 is 1.29 bits per heavy atom. The third-order valence-corrected chi connectivity index (χ3v) is 3.22. The first kappa shape index (κ1) is 12.4. The summed E-state index contributed by atoms with van der Waals surface area (Å²) >= 11 is 0. The molecule has 0 radical (unpaired) electrons. The Morgan fingerprint density at radius 3 is 2.76 bits per heavy atom. The van der Waals surface area contributed by atoms with Gasteiger partial charge in [0.25, 0.3) is 0 Å². The van der Waals surface area contributed by atoms with Crippen LogP contribution in [0.5, 0.6) is 0 Å². The van der Waals surface area contributed by atoms with E-state index in [9.17, 15) is 13.2 Å². The lowest BCUT2D eigenvalue weighted by molar-refractivity contribution is 0.197. The summed E-state index contributed by atoms with van der Waals surface area (Å²) in [4.78, 5) is 2.09. The second kappa shape index (κ2) is 5.06. The number of hydrogen-bond acceptors (Lipinski definition) is 2. The van der Waals surface area contributed by atoms with Gasteiger partial charge in [-0.3, -0.25) is 0 Å². The zero-order chi connectivity index (χ0) is 12.4. The maximum Gasteiger partial charge on any atom is 0.194 e. The van der Waals surface area contributed by atoms with Crippen LogP contribution >= 0.6 is 0 Å². The molecule has 5 heteroatoms. The Labute approximate surface area is 98.4 Å². The molecule has 1 heterocycles. The van der Waals surface area contributed by atoms with Gasteiger partial charge in [0.1, 0.15) is 0 Å². The van der Waals surface area contributed by atoms with E-state index in [0.717, 1.165) is 25.7 Å². The summed E-state index contributed by atoms with van der Waals surface area (Å²) in [6.07, 6.45) is 0.381. The van der Waals surface area contributed by atoms with Gasteiger partial charge in [-0.1, -0.05) is 6.07 Å². The van der Waals surface area contributed by atoms with Crippen molar-refractivity contribution < 1.29 is 13.2 Å². The smallest absolute Gasteiger partial charge is 0.194 e. The fourth-order valence-corrected chi connectivity index (χ4v) is 2.07. The summed E-state index contributed by atoms with van der Waals surface area (Å²) in [5, 5.41) is 3.20. The minimum atomic E-state index is -1.38. The molecule has 1 aliphatic rings. The van der Waals surface area contributed by atoms with E-state index in [1.807, 2.05) is 7.05 Å². The van der Waals surface area contributed by atoms with Crippen LogP contribution in [0.2, 0.25) is 0 Å². The molecule has 0 saturated carbocycles. The molecule has 1 unspecified atom stereocenters. The molecule has 1 saturated heterocycles. The number of rotatable bonds is 2. The van der Waals surface area contributed by atoms with Crippen LogP contribution in [0.4, 0.5) is 13.2 Å². The minimum absolute atomic E-state index is 0.114. The van der Waals surface area contributed by atoms with Crippen LogP contribution in [-0.4, -0.2) is 37.6 Å². The molecule has 0 aromatic heterocycles. The van der Waals surface area contributed by atoms with Crippen molar-refractivity contribution in [3.05, 3.63) is 35.1 Å². The van der Waals surface area contributed by atoms with Crippen molar-refractivity contribution in [2.45, 2.75) is 12.5 Å². The molecule has 2 nitrogen and oxygen atoms in total. The third-order valence-electron chi connectivity index (χ3n) is 3.22. The first-order valence-electron chi connectivity index (χ1n) is 5.63. The first-order chi connectivity index (χ1) is 8.09. The van der Waals surface area contributed by atoms with Crippen LogP contribution in [0.25, 0.3) is 0 Å². The van der Waals surface area contributed by atoms with Gasteiger partial charge in [0.05, 0.1) is 0 Å². The van der Waals surface area contributed by atoms with Crippen molar-refractivity contribution in [1.82, 2.24) is 10.2 Å². The summed E-state index contributed by atoms with van der Waals surface area (Å²) in [7, 11) is 1.95. The van der Waals surface area contributed by atoms with E-state index in [1.54, 1.807) is 0 Å². The number of likely N-dealkylation sites (N-methyl/N-ethyl adjacent to an activating group) is 1. The van der Waals surface area contributed by atoms with Crippen molar-refractivity contribution >= 4 is 0 Å². The van der Waals surface area contributed by atoms with Crippen molar-refractivity contribution in [2.75, 3.05) is 26.7 Å². The second-order valence-corrected chi connectivity index (χ2v) is 4.38. The normalized spacial score (nSPS) is 21.8. The lowest BCUT2D eigenvalue weighted by atomic mass is 10.0. The van der Waals surface area contributed by atoms with E-state index in [0.29, 0.717) is 6.42 Å². The van der Waals surface area contributed by atoms with Crippen LogP contribution < -0.4 is 5.32 Å². The number of nitrogens with zero attached hydrogens (tertiary/aromatic N) is 1. The average molecular weight is 244 g/mol. The van der Waals surface area contributed by atoms with Crippen LogP contribution in [0.15, 0.2) is 12.1 Å². The standard InChI is InChI=1S/C12H15F3N2/c1-17-5-4-16-7-9(17)6-8-2-3-10(13)12(15)11(8)14/h2-3,9,16H,4-7H2,1H3. The van der Waals surface area contributed by atoms with Gasteiger partial charge in [-0.05, 0) is 25.1 Å². The highest BCUT2D eigenvalue weighted by Crippen LogP contribution is 2.18. The van der Waals surface area contributed by atoms with E-state index >= 15 is 0 Å². The molecule has 0 amide bonds. The van der Waals surface area contributed by atoms with Gasteiger partial charge in [-0.25, -0.2) is 13.2 Å².